The molecule has 0 heterocycles. The van der Waals surface area contributed by atoms with Crippen molar-refractivity contribution in [3.8, 4) is 0 Å². The minimum absolute atomic E-state index is 0.457. The summed E-state index contributed by atoms with van der Waals surface area (Å²) in [4.78, 5) is 2.15. The van der Waals surface area contributed by atoms with E-state index >= 15 is 0 Å². The summed E-state index contributed by atoms with van der Waals surface area (Å²) >= 11 is 9.46. The molecule has 2 aromatic rings. The van der Waals surface area contributed by atoms with E-state index < -0.39 is 6.10 Å². The highest BCUT2D eigenvalue weighted by Crippen LogP contribution is 2.29. The summed E-state index contributed by atoms with van der Waals surface area (Å²) in [6, 6.07) is 13.8. The Kier molecular flexibility index (Phi) is 5.08. The van der Waals surface area contributed by atoms with Crippen LogP contribution in [0.3, 0.4) is 0 Å². The number of hydrogen-bond acceptors (Lipinski definition) is 2. The molecular weight excluding hydrogens is 338 g/mol. The average molecular weight is 355 g/mol. The molecule has 0 aromatic heterocycles. The maximum atomic E-state index is 9.59. The second-order valence-corrected chi connectivity index (χ2v) is 6.16. The van der Waals surface area contributed by atoms with Crippen LogP contribution < -0.4 is 4.90 Å². The van der Waals surface area contributed by atoms with Gasteiger partial charge in [-0.25, -0.2) is 0 Å². The molecule has 0 fully saturated rings. The molecule has 106 valence electrons. The second kappa shape index (κ2) is 6.61. The summed E-state index contributed by atoms with van der Waals surface area (Å²) < 4.78 is 0.979. The standard InChI is InChI=1S/C16H17BrClNO/c1-11(20)13-5-8-16(15(17)9-13)19(2)10-12-3-6-14(18)7-4-12/h3-9,11,20H,10H2,1-2H3/t11-/m1/s1. The first-order valence-electron chi connectivity index (χ1n) is 6.40. The molecule has 2 nitrogen and oxygen atoms in total. The van der Waals surface area contributed by atoms with Crippen molar-refractivity contribution in [2.45, 2.75) is 19.6 Å². The fourth-order valence-electron chi connectivity index (χ4n) is 2.04. The van der Waals surface area contributed by atoms with Crippen LogP contribution in [0, 0.1) is 0 Å². The number of halogens is 2. The van der Waals surface area contributed by atoms with Crippen molar-refractivity contribution in [1.82, 2.24) is 0 Å². The molecule has 1 atom stereocenters. The van der Waals surface area contributed by atoms with E-state index in [9.17, 15) is 5.11 Å². The predicted molar refractivity (Wildman–Crippen MR) is 88.3 cm³/mol. The van der Waals surface area contributed by atoms with Gasteiger partial charge in [-0.1, -0.05) is 29.8 Å². The van der Waals surface area contributed by atoms with Crippen LogP contribution in [0.4, 0.5) is 5.69 Å². The van der Waals surface area contributed by atoms with Crippen LogP contribution in [-0.4, -0.2) is 12.2 Å². The third-order valence-corrected chi connectivity index (χ3v) is 4.09. The second-order valence-electron chi connectivity index (χ2n) is 4.87. The topological polar surface area (TPSA) is 23.5 Å². The van der Waals surface area contributed by atoms with Crippen molar-refractivity contribution < 1.29 is 5.11 Å². The largest absolute Gasteiger partial charge is 0.389 e. The molecule has 1 N–H and O–H groups in total. The zero-order valence-electron chi connectivity index (χ0n) is 11.5. The number of benzene rings is 2. The van der Waals surface area contributed by atoms with Crippen molar-refractivity contribution >= 4 is 33.2 Å². The first kappa shape index (κ1) is 15.4. The van der Waals surface area contributed by atoms with Gasteiger partial charge in [0.2, 0.25) is 0 Å². The first-order valence-corrected chi connectivity index (χ1v) is 7.57. The highest BCUT2D eigenvalue weighted by atomic mass is 79.9. The fraction of sp³-hybridized carbons (Fsp3) is 0.250. The molecule has 0 saturated carbocycles. The van der Waals surface area contributed by atoms with Crippen LogP contribution in [0.1, 0.15) is 24.2 Å². The smallest absolute Gasteiger partial charge is 0.0762 e. The molecule has 0 bridgehead atoms. The van der Waals surface area contributed by atoms with Gasteiger partial charge in [-0.3, -0.25) is 0 Å². The van der Waals surface area contributed by atoms with Gasteiger partial charge in [0.05, 0.1) is 11.8 Å². The molecule has 2 rings (SSSR count). The van der Waals surface area contributed by atoms with Gasteiger partial charge in [-0.05, 0) is 58.2 Å². The van der Waals surface area contributed by atoms with Gasteiger partial charge >= 0.3 is 0 Å². The average Bonchev–Trinajstić information content (AvgIpc) is 2.41. The Morgan fingerprint density at radius 1 is 1.20 bits per heavy atom. The number of aliphatic hydroxyl groups excluding tert-OH is 1. The van der Waals surface area contributed by atoms with E-state index in [2.05, 4.69) is 20.8 Å². The quantitative estimate of drug-likeness (QED) is 0.853. The summed E-state index contributed by atoms with van der Waals surface area (Å²) in [5, 5.41) is 10.3. The molecular formula is C16H17BrClNO. The summed E-state index contributed by atoms with van der Waals surface area (Å²) in [5.41, 5.74) is 3.19. The van der Waals surface area contributed by atoms with E-state index in [-0.39, 0.29) is 0 Å². The lowest BCUT2D eigenvalue weighted by Gasteiger charge is -2.22. The first-order chi connectivity index (χ1) is 9.47. The lowest BCUT2D eigenvalue weighted by Crippen LogP contribution is -2.16. The maximum absolute atomic E-state index is 9.59. The van der Waals surface area contributed by atoms with Crippen molar-refractivity contribution in [2.24, 2.45) is 0 Å². The summed E-state index contributed by atoms with van der Waals surface area (Å²) in [7, 11) is 2.04. The van der Waals surface area contributed by atoms with Crippen LogP contribution in [0.5, 0.6) is 0 Å². The molecule has 0 unspecified atom stereocenters. The van der Waals surface area contributed by atoms with E-state index in [1.807, 2.05) is 49.5 Å². The molecule has 0 aliphatic rings. The van der Waals surface area contributed by atoms with Gasteiger partial charge in [0, 0.05) is 23.1 Å². The fourth-order valence-corrected chi connectivity index (χ4v) is 2.87. The number of aliphatic hydroxyl groups is 1. The maximum Gasteiger partial charge on any atom is 0.0762 e. The van der Waals surface area contributed by atoms with Crippen LogP contribution in [0.2, 0.25) is 5.02 Å². The van der Waals surface area contributed by atoms with Gasteiger partial charge in [0.15, 0.2) is 0 Å². The zero-order chi connectivity index (χ0) is 14.7. The number of anilines is 1. The molecule has 2 aromatic carbocycles. The van der Waals surface area contributed by atoms with Gasteiger partial charge in [-0.2, -0.15) is 0 Å². The van der Waals surface area contributed by atoms with Crippen LogP contribution in [0.15, 0.2) is 46.9 Å². The van der Waals surface area contributed by atoms with Crippen molar-refractivity contribution in [3.63, 3.8) is 0 Å². The lowest BCUT2D eigenvalue weighted by atomic mass is 10.1. The van der Waals surface area contributed by atoms with Gasteiger partial charge in [-0.15, -0.1) is 0 Å². The normalized spacial score (nSPS) is 12.2. The molecule has 0 amide bonds. The van der Waals surface area contributed by atoms with E-state index in [1.165, 1.54) is 5.56 Å². The van der Waals surface area contributed by atoms with Gasteiger partial charge in [0.1, 0.15) is 0 Å². The molecule has 20 heavy (non-hydrogen) atoms. The van der Waals surface area contributed by atoms with E-state index in [0.717, 1.165) is 27.3 Å². The summed E-state index contributed by atoms with van der Waals surface area (Å²) in [6.45, 7) is 2.56. The number of rotatable bonds is 4. The Hall–Kier alpha value is -1.03. The summed E-state index contributed by atoms with van der Waals surface area (Å²) in [5.74, 6) is 0. The Balaban J connectivity index is 2.16. The minimum atomic E-state index is -0.457. The van der Waals surface area contributed by atoms with E-state index in [0.29, 0.717) is 0 Å². The van der Waals surface area contributed by atoms with Crippen LogP contribution >= 0.6 is 27.5 Å². The molecule has 0 saturated heterocycles. The number of hydrogen-bond donors (Lipinski definition) is 1. The highest BCUT2D eigenvalue weighted by Gasteiger charge is 2.09. The highest BCUT2D eigenvalue weighted by molar-refractivity contribution is 9.10. The van der Waals surface area contributed by atoms with Gasteiger partial charge < -0.3 is 10.0 Å². The van der Waals surface area contributed by atoms with E-state index in [4.69, 9.17) is 11.6 Å². The van der Waals surface area contributed by atoms with Crippen molar-refractivity contribution in [3.05, 3.63) is 63.1 Å². The van der Waals surface area contributed by atoms with E-state index in [1.54, 1.807) is 6.92 Å². The third kappa shape index (κ3) is 3.75. The third-order valence-electron chi connectivity index (χ3n) is 3.20. The number of nitrogens with zero attached hydrogens (tertiary/aromatic N) is 1. The molecule has 0 spiro atoms. The van der Waals surface area contributed by atoms with Crippen LogP contribution in [-0.2, 0) is 6.54 Å². The van der Waals surface area contributed by atoms with Crippen LogP contribution in [0.25, 0.3) is 0 Å². The Labute approximate surface area is 133 Å². The van der Waals surface area contributed by atoms with Crippen molar-refractivity contribution in [1.29, 1.82) is 0 Å². The minimum Gasteiger partial charge on any atom is -0.389 e. The summed E-state index contributed by atoms with van der Waals surface area (Å²) in [6.07, 6.45) is -0.457. The SMILES string of the molecule is C[C@@H](O)c1ccc(N(C)Cc2ccc(Cl)cc2)c(Br)c1. The lowest BCUT2D eigenvalue weighted by molar-refractivity contribution is 0.199. The molecule has 0 radical (unpaired) electrons. The molecule has 0 aliphatic heterocycles. The molecule has 0 aliphatic carbocycles. The predicted octanol–water partition coefficient (Wildman–Crippen LogP) is 4.79. The van der Waals surface area contributed by atoms with Gasteiger partial charge in [0.25, 0.3) is 0 Å². The Morgan fingerprint density at radius 3 is 2.40 bits per heavy atom. The monoisotopic (exact) mass is 353 g/mol. The zero-order valence-corrected chi connectivity index (χ0v) is 13.8. The Bertz CT molecular complexity index is 584. The Morgan fingerprint density at radius 2 is 1.85 bits per heavy atom. The van der Waals surface area contributed by atoms with Crippen molar-refractivity contribution in [2.75, 3.05) is 11.9 Å². The molecule has 4 heteroatoms.